The van der Waals surface area contributed by atoms with Gasteiger partial charge in [-0.3, -0.25) is 4.79 Å². The van der Waals surface area contributed by atoms with Gasteiger partial charge in [-0.1, -0.05) is 23.7 Å². The van der Waals surface area contributed by atoms with Gasteiger partial charge in [0.2, 0.25) is 5.91 Å². The Balaban J connectivity index is 1.83. The molecule has 0 saturated carbocycles. The third-order valence-electron chi connectivity index (χ3n) is 3.44. The van der Waals surface area contributed by atoms with E-state index in [0.29, 0.717) is 17.3 Å². The SMILES string of the molecule is COCc1nc2ccccc2n1CC(=O)Nc1ccc(Cl)cc1. The standard InChI is InChI=1S/C17H16ClN3O2/c1-23-11-16-20-14-4-2-3-5-15(14)21(16)10-17(22)19-13-8-6-12(18)7-9-13/h2-9H,10-11H2,1H3,(H,19,22). The molecule has 0 fully saturated rings. The van der Waals surface area contributed by atoms with Crippen molar-refractivity contribution in [2.45, 2.75) is 13.2 Å². The van der Waals surface area contributed by atoms with E-state index >= 15 is 0 Å². The quantitative estimate of drug-likeness (QED) is 0.779. The van der Waals surface area contributed by atoms with Crippen molar-refractivity contribution in [3.8, 4) is 0 Å². The molecule has 0 unspecified atom stereocenters. The number of hydrogen-bond acceptors (Lipinski definition) is 3. The van der Waals surface area contributed by atoms with Gasteiger partial charge in [-0.15, -0.1) is 0 Å². The van der Waals surface area contributed by atoms with Crippen molar-refractivity contribution in [2.75, 3.05) is 12.4 Å². The number of carbonyl (C=O) groups is 1. The van der Waals surface area contributed by atoms with Crippen molar-refractivity contribution in [1.82, 2.24) is 9.55 Å². The van der Waals surface area contributed by atoms with E-state index in [1.807, 2.05) is 28.8 Å². The van der Waals surface area contributed by atoms with Crippen molar-refractivity contribution >= 4 is 34.2 Å². The first kappa shape index (κ1) is 15.5. The molecule has 3 rings (SSSR count). The molecule has 1 aromatic heterocycles. The monoisotopic (exact) mass is 329 g/mol. The summed E-state index contributed by atoms with van der Waals surface area (Å²) in [6, 6.07) is 14.7. The molecule has 0 bridgehead atoms. The first-order chi connectivity index (χ1) is 11.2. The smallest absolute Gasteiger partial charge is 0.244 e. The predicted octanol–water partition coefficient (Wildman–Crippen LogP) is 3.47. The second-order valence-electron chi connectivity index (χ2n) is 5.09. The number of hydrogen-bond donors (Lipinski definition) is 1. The molecular weight excluding hydrogens is 314 g/mol. The fraction of sp³-hybridized carbons (Fsp3) is 0.176. The van der Waals surface area contributed by atoms with Gasteiger partial charge < -0.3 is 14.6 Å². The number of benzene rings is 2. The molecule has 1 amide bonds. The van der Waals surface area contributed by atoms with Gasteiger partial charge in [0, 0.05) is 17.8 Å². The molecule has 0 aliphatic heterocycles. The number of ether oxygens (including phenoxy) is 1. The molecule has 0 spiro atoms. The van der Waals surface area contributed by atoms with Crippen molar-refractivity contribution in [2.24, 2.45) is 0 Å². The number of methoxy groups -OCH3 is 1. The van der Waals surface area contributed by atoms with Crippen molar-refractivity contribution in [3.63, 3.8) is 0 Å². The van der Waals surface area contributed by atoms with Crippen LogP contribution < -0.4 is 5.32 Å². The highest BCUT2D eigenvalue weighted by molar-refractivity contribution is 6.30. The molecule has 1 heterocycles. The van der Waals surface area contributed by atoms with Crippen LogP contribution in [0.1, 0.15) is 5.82 Å². The van der Waals surface area contributed by atoms with E-state index in [1.54, 1.807) is 31.4 Å². The summed E-state index contributed by atoms with van der Waals surface area (Å²) in [5.74, 6) is 0.591. The second-order valence-corrected chi connectivity index (χ2v) is 5.53. The van der Waals surface area contributed by atoms with Crippen LogP contribution in [0.2, 0.25) is 5.02 Å². The van der Waals surface area contributed by atoms with Crippen LogP contribution in [0, 0.1) is 0 Å². The number of aromatic nitrogens is 2. The summed E-state index contributed by atoms with van der Waals surface area (Å²) in [4.78, 5) is 16.8. The predicted molar refractivity (Wildman–Crippen MR) is 90.5 cm³/mol. The van der Waals surface area contributed by atoms with Crippen LogP contribution in [0.15, 0.2) is 48.5 Å². The summed E-state index contributed by atoms with van der Waals surface area (Å²) in [6.07, 6.45) is 0. The zero-order valence-electron chi connectivity index (χ0n) is 12.6. The van der Waals surface area contributed by atoms with E-state index in [4.69, 9.17) is 16.3 Å². The fourth-order valence-electron chi connectivity index (χ4n) is 2.42. The number of nitrogens with one attached hydrogen (secondary N) is 1. The minimum absolute atomic E-state index is 0.132. The van der Waals surface area contributed by atoms with Crippen LogP contribution in [-0.2, 0) is 22.7 Å². The van der Waals surface area contributed by atoms with E-state index in [-0.39, 0.29) is 12.5 Å². The van der Waals surface area contributed by atoms with Gasteiger partial charge in [0.15, 0.2) is 0 Å². The van der Waals surface area contributed by atoms with Crippen LogP contribution >= 0.6 is 11.6 Å². The maximum absolute atomic E-state index is 12.3. The molecule has 6 heteroatoms. The third kappa shape index (κ3) is 3.52. The number of halogens is 1. The van der Waals surface area contributed by atoms with Crippen LogP contribution in [0.5, 0.6) is 0 Å². The minimum atomic E-state index is -0.132. The first-order valence-corrected chi connectivity index (χ1v) is 7.53. The van der Waals surface area contributed by atoms with Gasteiger partial charge >= 0.3 is 0 Å². The number of para-hydroxylation sites is 2. The van der Waals surface area contributed by atoms with Crippen LogP contribution in [0.3, 0.4) is 0 Å². The Morgan fingerprint density at radius 1 is 1.22 bits per heavy atom. The van der Waals surface area contributed by atoms with E-state index in [0.717, 1.165) is 16.9 Å². The average molecular weight is 330 g/mol. The van der Waals surface area contributed by atoms with Crippen molar-refractivity contribution in [1.29, 1.82) is 0 Å². The summed E-state index contributed by atoms with van der Waals surface area (Å²) in [5, 5.41) is 3.48. The van der Waals surface area contributed by atoms with Gasteiger partial charge in [0.05, 0.1) is 11.0 Å². The number of fused-ring (bicyclic) bond motifs is 1. The van der Waals surface area contributed by atoms with Crippen LogP contribution in [0.4, 0.5) is 5.69 Å². The third-order valence-corrected chi connectivity index (χ3v) is 3.69. The van der Waals surface area contributed by atoms with E-state index < -0.39 is 0 Å². The largest absolute Gasteiger partial charge is 0.377 e. The molecule has 0 saturated heterocycles. The fourth-order valence-corrected chi connectivity index (χ4v) is 2.54. The molecule has 23 heavy (non-hydrogen) atoms. The average Bonchev–Trinajstić information content (AvgIpc) is 2.88. The Morgan fingerprint density at radius 3 is 2.70 bits per heavy atom. The summed E-state index contributed by atoms with van der Waals surface area (Å²) in [5.41, 5.74) is 2.46. The molecule has 1 N–H and O–H groups in total. The van der Waals surface area contributed by atoms with Gasteiger partial charge in [0.1, 0.15) is 19.0 Å². The highest BCUT2D eigenvalue weighted by Gasteiger charge is 2.13. The van der Waals surface area contributed by atoms with E-state index in [1.165, 1.54) is 0 Å². The molecule has 0 radical (unpaired) electrons. The lowest BCUT2D eigenvalue weighted by Gasteiger charge is -2.10. The summed E-state index contributed by atoms with van der Waals surface area (Å²) < 4.78 is 7.05. The van der Waals surface area contributed by atoms with Crippen LogP contribution in [-0.4, -0.2) is 22.6 Å². The molecule has 0 aliphatic rings. The Kier molecular flexibility index (Phi) is 4.60. The number of nitrogens with zero attached hydrogens (tertiary/aromatic N) is 2. The Bertz CT molecular complexity index is 827. The molecule has 0 atom stereocenters. The molecule has 3 aromatic rings. The zero-order valence-corrected chi connectivity index (χ0v) is 13.4. The number of rotatable bonds is 5. The second kappa shape index (κ2) is 6.81. The Hall–Kier alpha value is -2.37. The topological polar surface area (TPSA) is 56.2 Å². The Labute approximate surface area is 138 Å². The number of carbonyl (C=O) groups excluding carboxylic acids is 1. The summed E-state index contributed by atoms with van der Waals surface area (Å²) in [6.45, 7) is 0.519. The lowest BCUT2D eigenvalue weighted by atomic mass is 10.3. The normalized spacial score (nSPS) is 10.9. The van der Waals surface area contributed by atoms with E-state index in [9.17, 15) is 4.79 Å². The molecule has 118 valence electrons. The lowest BCUT2D eigenvalue weighted by molar-refractivity contribution is -0.116. The molecule has 0 aliphatic carbocycles. The zero-order chi connectivity index (χ0) is 16.2. The highest BCUT2D eigenvalue weighted by atomic mass is 35.5. The molecular formula is C17H16ClN3O2. The summed E-state index contributed by atoms with van der Waals surface area (Å²) in [7, 11) is 1.61. The minimum Gasteiger partial charge on any atom is -0.377 e. The highest BCUT2D eigenvalue weighted by Crippen LogP contribution is 2.17. The van der Waals surface area contributed by atoms with E-state index in [2.05, 4.69) is 10.3 Å². The van der Waals surface area contributed by atoms with Crippen molar-refractivity contribution < 1.29 is 9.53 Å². The van der Waals surface area contributed by atoms with Crippen LogP contribution in [0.25, 0.3) is 11.0 Å². The number of imidazole rings is 1. The summed E-state index contributed by atoms with van der Waals surface area (Å²) >= 11 is 5.85. The number of anilines is 1. The van der Waals surface area contributed by atoms with Gasteiger partial charge in [-0.05, 0) is 36.4 Å². The van der Waals surface area contributed by atoms with Crippen molar-refractivity contribution in [3.05, 3.63) is 59.4 Å². The molecule has 2 aromatic carbocycles. The first-order valence-electron chi connectivity index (χ1n) is 7.16. The molecule has 5 nitrogen and oxygen atoms in total. The maximum atomic E-state index is 12.3. The van der Waals surface area contributed by atoms with Gasteiger partial charge in [0.25, 0.3) is 0 Å². The number of amides is 1. The van der Waals surface area contributed by atoms with Gasteiger partial charge in [-0.25, -0.2) is 4.98 Å². The van der Waals surface area contributed by atoms with Gasteiger partial charge in [-0.2, -0.15) is 0 Å². The Morgan fingerprint density at radius 2 is 1.96 bits per heavy atom. The maximum Gasteiger partial charge on any atom is 0.244 e. The lowest BCUT2D eigenvalue weighted by Crippen LogP contribution is -2.20.